The largest absolute Gasteiger partial charge is 0.485 e. The van der Waals surface area contributed by atoms with E-state index in [1.807, 2.05) is 51.1 Å². The van der Waals surface area contributed by atoms with Crippen LogP contribution in [0.15, 0.2) is 30.3 Å². The molecule has 0 aliphatic rings. The second kappa shape index (κ2) is 5.95. The molecule has 0 saturated heterocycles. The zero-order valence-electron chi connectivity index (χ0n) is 12.6. The minimum absolute atomic E-state index is 0.0271. The van der Waals surface area contributed by atoms with Crippen LogP contribution in [0.3, 0.4) is 0 Å². The molecular formula is C17H21NO2. The van der Waals surface area contributed by atoms with Gasteiger partial charge in [-0.1, -0.05) is 12.1 Å². The lowest BCUT2D eigenvalue weighted by Crippen LogP contribution is -2.12. The van der Waals surface area contributed by atoms with E-state index >= 15 is 0 Å². The van der Waals surface area contributed by atoms with Crippen molar-refractivity contribution in [2.45, 2.75) is 34.2 Å². The standard InChI is InChI=1S/C17H21NO2/c1-5-18-13(3)10-16(14(18)4)17(19)11-20-15-8-6-7-12(2)9-15/h6-10H,5,11H2,1-4H3. The Balaban J connectivity index is 2.09. The molecule has 0 fully saturated rings. The van der Waals surface area contributed by atoms with Crippen LogP contribution in [0.2, 0.25) is 0 Å². The summed E-state index contributed by atoms with van der Waals surface area (Å²) in [5, 5.41) is 0. The zero-order chi connectivity index (χ0) is 14.7. The highest BCUT2D eigenvalue weighted by atomic mass is 16.5. The van der Waals surface area contributed by atoms with Gasteiger partial charge < -0.3 is 9.30 Å². The summed E-state index contributed by atoms with van der Waals surface area (Å²) >= 11 is 0. The molecule has 0 radical (unpaired) electrons. The van der Waals surface area contributed by atoms with E-state index < -0.39 is 0 Å². The topological polar surface area (TPSA) is 31.2 Å². The fraction of sp³-hybridized carbons (Fsp3) is 0.353. The van der Waals surface area contributed by atoms with E-state index in [4.69, 9.17) is 4.74 Å². The summed E-state index contributed by atoms with van der Waals surface area (Å²) in [7, 11) is 0. The molecule has 0 aliphatic carbocycles. The molecule has 0 unspecified atom stereocenters. The molecule has 3 nitrogen and oxygen atoms in total. The first-order valence-corrected chi connectivity index (χ1v) is 6.92. The lowest BCUT2D eigenvalue weighted by Gasteiger charge is -2.07. The molecule has 2 rings (SSSR count). The number of hydrogen-bond donors (Lipinski definition) is 0. The Morgan fingerprint density at radius 2 is 1.95 bits per heavy atom. The molecule has 3 heteroatoms. The van der Waals surface area contributed by atoms with Gasteiger partial charge in [0.1, 0.15) is 5.75 Å². The van der Waals surface area contributed by atoms with Crippen molar-refractivity contribution in [3.8, 4) is 5.75 Å². The number of ether oxygens (including phenoxy) is 1. The molecule has 1 aromatic heterocycles. The third-order valence-corrected chi connectivity index (χ3v) is 3.55. The molecule has 2 aromatic rings. The number of aromatic nitrogens is 1. The number of carbonyl (C=O) groups excluding carboxylic acids is 1. The molecule has 0 aliphatic heterocycles. The highest BCUT2D eigenvalue weighted by Crippen LogP contribution is 2.17. The number of ketones is 1. The monoisotopic (exact) mass is 271 g/mol. The molecule has 0 spiro atoms. The minimum atomic E-state index is 0.0271. The van der Waals surface area contributed by atoms with E-state index in [-0.39, 0.29) is 12.4 Å². The quantitative estimate of drug-likeness (QED) is 0.776. The summed E-state index contributed by atoms with van der Waals surface area (Å²) in [6.07, 6.45) is 0. The highest BCUT2D eigenvalue weighted by molar-refractivity contribution is 5.98. The minimum Gasteiger partial charge on any atom is -0.485 e. The van der Waals surface area contributed by atoms with Gasteiger partial charge in [0.25, 0.3) is 0 Å². The van der Waals surface area contributed by atoms with E-state index in [2.05, 4.69) is 11.5 Å². The molecule has 106 valence electrons. The average Bonchev–Trinajstić information content (AvgIpc) is 2.71. The van der Waals surface area contributed by atoms with Gasteiger partial charge >= 0.3 is 0 Å². The van der Waals surface area contributed by atoms with Crippen molar-refractivity contribution in [1.29, 1.82) is 0 Å². The molecule has 0 saturated carbocycles. The highest BCUT2D eigenvalue weighted by Gasteiger charge is 2.15. The maximum atomic E-state index is 12.3. The number of benzene rings is 1. The van der Waals surface area contributed by atoms with Crippen molar-refractivity contribution >= 4 is 5.78 Å². The van der Waals surface area contributed by atoms with Gasteiger partial charge in [-0.2, -0.15) is 0 Å². The van der Waals surface area contributed by atoms with Crippen LogP contribution in [-0.2, 0) is 6.54 Å². The lowest BCUT2D eigenvalue weighted by atomic mass is 10.1. The normalized spacial score (nSPS) is 10.6. The first-order valence-electron chi connectivity index (χ1n) is 6.92. The Kier molecular flexibility index (Phi) is 4.28. The first kappa shape index (κ1) is 14.4. The van der Waals surface area contributed by atoms with E-state index in [1.165, 1.54) is 0 Å². The zero-order valence-corrected chi connectivity index (χ0v) is 12.6. The van der Waals surface area contributed by atoms with Gasteiger partial charge in [0, 0.05) is 23.5 Å². The van der Waals surface area contributed by atoms with Crippen LogP contribution in [0.4, 0.5) is 0 Å². The second-order valence-electron chi connectivity index (χ2n) is 5.06. The van der Waals surface area contributed by atoms with Crippen molar-refractivity contribution in [2.24, 2.45) is 0 Å². The number of rotatable bonds is 5. The molecule has 0 amide bonds. The summed E-state index contributed by atoms with van der Waals surface area (Å²) in [6, 6.07) is 9.68. The van der Waals surface area contributed by atoms with Crippen LogP contribution < -0.4 is 4.74 Å². The van der Waals surface area contributed by atoms with Crippen LogP contribution in [0.5, 0.6) is 5.75 Å². The molecule has 0 bridgehead atoms. The van der Waals surface area contributed by atoms with E-state index in [1.54, 1.807) is 0 Å². The number of hydrogen-bond acceptors (Lipinski definition) is 2. The number of nitrogens with zero attached hydrogens (tertiary/aromatic N) is 1. The maximum Gasteiger partial charge on any atom is 0.202 e. The molecule has 1 heterocycles. The van der Waals surface area contributed by atoms with Crippen LogP contribution in [-0.4, -0.2) is 17.0 Å². The fourth-order valence-electron chi connectivity index (χ4n) is 2.50. The Morgan fingerprint density at radius 1 is 1.20 bits per heavy atom. The smallest absolute Gasteiger partial charge is 0.202 e. The number of aryl methyl sites for hydroxylation is 2. The van der Waals surface area contributed by atoms with Crippen LogP contribution >= 0.6 is 0 Å². The van der Waals surface area contributed by atoms with Crippen molar-refractivity contribution in [3.05, 3.63) is 52.8 Å². The molecular weight excluding hydrogens is 250 g/mol. The van der Waals surface area contributed by atoms with Gasteiger partial charge in [-0.05, 0) is 51.5 Å². The van der Waals surface area contributed by atoms with Gasteiger partial charge in [0.05, 0.1) is 0 Å². The summed E-state index contributed by atoms with van der Waals surface area (Å²) in [5.41, 5.74) is 4.02. The third-order valence-electron chi connectivity index (χ3n) is 3.55. The van der Waals surface area contributed by atoms with E-state index in [0.717, 1.165) is 34.8 Å². The van der Waals surface area contributed by atoms with Gasteiger partial charge in [0.2, 0.25) is 5.78 Å². The Labute approximate surface area is 120 Å². The van der Waals surface area contributed by atoms with Crippen LogP contribution in [0.25, 0.3) is 0 Å². The van der Waals surface area contributed by atoms with E-state index in [0.29, 0.717) is 0 Å². The Bertz CT molecular complexity index is 626. The van der Waals surface area contributed by atoms with Gasteiger partial charge in [-0.15, -0.1) is 0 Å². The Hall–Kier alpha value is -2.03. The summed E-state index contributed by atoms with van der Waals surface area (Å²) in [5.74, 6) is 0.766. The predicted molar refractivity (Wildman–Crippen MR) is 80.6 cm³/mol. The third kappa shape index (κ3) is 2.93. The molecule has 0 atom stereocenters. The van der Waals surface area contributed by atoms with Crippen LogP contribution in [0.1, 0.15) is 34.2 Å². The van der Waals surface area contributed by atoms with Gasteiger partial charge in [0.15, 0.2) is 6.61 Å². The van der Waals surface area contributed by atoms with E-state index in [9.17, 15) is 4.79 Å². The first-order chi connectivity index (χ1) is 9.52. The lowest BCUT2D eigenvalue weighted by molar-refractivity contribution is 0.0920. The fourth-order valence-corrected chi connectivity index (χ4v) is 2.50. The van der Waals surface area contributed by atoms with Gasteiger partial charge in [-0.3, -0.25) is 4.79 Å². The second-order valence-corrected chi connectivity index (χ2v) is 5.06. The number of carbonyl (C=O) groups is 1. The molecule has 0 N–H and O–H groups in total. The summed E-state index contributed by atoms with van der Waals surface area (Å²) < 4.78 is 7.72. The van der Waals surface area contributed by atoms with Crippen LogP contribution in [0, 0.1) is 20.8 Å². The number of Topliss-reactive ketones (excluding diaryl/α,β-unsaturated/α-hetero) is 1. The average molecular weight is 271 g/mol. The van der Waals surface area contributed by atoms with Crippen molar-refractivity contribution in [1.82, 2.24) is 4.57 Å². The molecule has 20 heavy (non-hydrogen) atoms. The summed E-state index contributed by atoms with van der Waals surface area (Å²) in [6.45, 7) is 9.05. The Morgan fingerprint density at radius 3 is 2.55 bits per heavy atom. The summed E-state index contributed by atoms with van der Waals surface area (Å²) in [4.78, 5) is 12.3. The molecule has 1 aromatic carbocycles. The van der Waals surface area contributed by atoms with Crippen molar-refractivity contribution in [2.75, 3.05) is 6.61 Å². The van der Waals surface area contributed by atoms with Gasteiger partial charge in [-0.25, -0.2) is 0 Å². The van der Waals surface area contributed by atoms with Crippen molar-refractivity contribution in [3.63, 3.8) is 0 Å². The maximum absolute atomic E-state index is 12.3. The van der Waals surface area contributed by atoms with Crippen molar-refractivity contribution < 1.29 is 9.53 Å². The predicted octanol–water partition coefficient (Wildman–Crippen LogP) is 3.69. The SMILES string of the molecule is CCn1c(C)cc(C(=O)COc2cccc(C)c2)c1C.